The highest BCUT2D eigenvalue weighted by Gasteiger charge is 2.54. The Morgan fingerprint density at radius 1 is 0.808 bits per heavy atom. The summed E-state index contributed by atoms with van der Waals surface area (Å²) in [4.78, 5) is 16.6. The van der Waals surface area contributed by atoms with Gasteiger partial charge < -0.3 is 0 Å². The number of sulfone groups is 1. The number of fused-ring (bicyclic) bond motifs is 1. The molecule has 136 valence electrons. The van der Waals surface area contributed by atoms with E-state index in [1.807, 2.05) is 63.2 Å². The Morgan fingerprint density at radius 3 is 1.92 bits per heavy atom. The standard InChI is InChI=1S/C20H22N2O3S/c1-13-4-7-16(8-5-13)21-18-11-26(24,25)12-19(18)22(20(21)23)17-9-6-14(2)15(3)10-17/h4-10,18-19H,11-12H2,1-3H3/t18-,19+/m1/s1. The van der Waals surface area contributed by atoms with Crippen molar-refractivity contribution in [2.75, 3.05) is 21.3 Å². The minimum Gasteiger partial charge on any atom is -0.288 e. The fraction of sp³-hybridized carbons (Fsp3) is 0.350. The number of nitrogens with zero attached hydrogens (tertiary/aromatic N) is 2. The first-order valence-electron chi connectivity index (χ1n) is 8.73. The van der Waals surface area contributed by atoms with E-state index in [1.54, 1.807) is 9.80 Å². The smallest absolute Gasteiger partial charge is 0.288 e. The second-order valence-corrected chi connectivity index (χ2v) is 9.49. The van der Waals surface area contributed by atoms with E-state index in [2.05, 4.69) is 0 Å². The van der Waals surface area contributed by atoms with Crippen molar-refractivity contribution in [3.05, 3.63) is 59.2 Å². The number of urea groups is 1. The molecule has 4 rings (SSSR count). The Bertz CT molecular complexity index is 983. The molecule has 0 unspecified atom stereocenters. The van der Waals surface area contributed by atoms with Crippen LogP contribution in [0.2, 0.25) is 0 Å². The molecule has 5 nitrogen and oxygen atoms in total. The minimum atomic E-state index is -3.17. The van der Waals surface area contributed by atoms with E-state index in [4.69, 9.17) is 0 Å². The van der Waals surface area contributed by atoms with Gasteiger partial charge in [-0.05, 0) is 56.2 Å². The van der Waals surface area contributed by atoms with Gasteiger partial charge in [-0.3, -0.25) is 9.80 Å². The number of anilines is 2. The Kier molecular flexibility index (Phi) is 3.84. The van der Waals surface area contributed by atoms with Crippen molar-refractivity contribution < 1.29 is 13.2 Å². The molecule has 2 fully saturated rings. The molecule has 0 aliphatic carbocycles. The molecule has 2 aromatic rings. The molecule has 0 aromatic heterocycles. The normalized spacial score (nSPS) is 24.2. The van der Waals surface area contributed by atoms with Gasteiger partial charge in [0.05, 0.1) is 23.6 Å². The van der Waals surface area contributed by atoms with E-state index in [0.717, 1.165) is 28.1 Å². The zero-order valence-corrected chi connectivity index (χ0v) is 16.0. The molecule has 2 aromatic carbocycles. The summed E-state index contributed by atoms with van der Waals surface area (Å²) < 4.78 is 24.6. The van der Waals surface area contributed by atoms with Gasteiger partial charge in [0, 0.05) is 11.4 Å². The molecule has 2 atom stereocenters. The number of benzene rings is 2. The van der Waals surface area contributed by atoms with E-state index >= 15 is 0 Å². The molecule has 2 amide bonds. The lowest BCUT2D eigenvalue weighted by molar-refractivity contribution is 0.255. The number of aryl methyl sites for hydroxylation is 3. The zero-order valence-electron chi connectivity index (χ0n) is 15.1. The van der Waals surface area contributed by atoms with Crippen molar-refractivity contribution in [3.63, 3.8) is 0 Å². The van der Waals surface area contributed by atoms with Gasteiger partial charge in [-0.1, -0.05) is 23.8 Å². The summed E-state index contributed by atoms with van der Waals surface area (Å²) in [6, 6.07) is 12.7. The molecule has 0 N–H and O–H groups in total. The van der Waals surface area contributed by atoms with Crippen molar-refractivity contribution in [1.29, 1.82) is 0 Å². The van der Waals surface area contributed by atoms with Crippen LogP contribution in [0, 0.1) is 20.8 Å². The number of carbonyl (C=O) groups excluding carboxylic acids is 1. The van der Waals surface area contributed by atoms with Crippen molar-refractivity contribution in [1.82, 2.24) is 0 Å². The molecular formula is C20H22N2O3S. The molecule has 2 heterocycles. The predicted octanol–water partition coefficient (Wildman–Crippen LogP) is 3.22. The third kappa shape index (κ3) is 2.69. The molecule has 2 saturated heterocycles. The first kappa shape index (κ1) is 17.1. The second-order valence-electron chi connectivity index (χ2n) is 7.34. The molecule has 0 saturated carbocycles. The summed E-state index contributed by atoms with van der Waals surface area (Å²) in [5.41, 5.74) is 4.84. The Balaban J connectivity index is 1.81. The van der Waals surface area contributed by atoms with Crippen molar-refractivity contribution in [3.8, 4) is 0 Å². The monoisotopic (exact) mass is 370 g/mol. The van der Waals surface area contributed by atoms with Gasteiger partial charge in [0.15, 0.2) is 9.84 Å². The van der Waals surface area contributed by atoms with Gasteiger partial charge in [0.25, 0.3) is 0 Å². The van der Waals surface area contributed by atoms with Gasteiger partial charge in [-0.25, -0.2) is 13.2 Å². The van der Waals surface area contributed by atoms with E-state index in [9.17, 15) is 13.2 Å². The Labute approximate surface area is 154 Å². The average molecular weight is 370 g/mol. The van der Waals surface area contributed by atoms with Crippen LogP contribution in [0.1, 0.15) is 16.7 Å². The maximum Gasteiger partial charge on any atom is 0.329 e. The second kappa shape index (κ2) is 5.84. The number of amides is 2. The van der Waals surface area contributed by atoms with Crippen LogP contribution in [0.4, 0.5) is 16.2 Å². The molecule has 6 heteroatoms. The number of hydrogen-bond acceptors (Lipinski definition) is 3. The van der Waals surface area contributed by atoms with Crippen LogP contribution in [0.25, 0.3) is 0 Å². The van der Waals surface area contributed by atoms with E-state index in [1.165, 1.54) is 0 Å². The lowest BCUT2D eigenvalue weighted by Crippen LogP contribution is -2.38. The largest absolute Gasteiger partial charge is 0.329 e. The topological polar surface area (TPSA) is 57.7 Å². The predicted molar refractivity (Wildman–Crippen MR) is 104 cm³/mol. The van der Waals surface area contributed by atoms with E-state index < -0.39 is 9.84 Å². The van der Waals surface area contributed by atoms with Gasteiger partial charge >= 0.3 is 6.03 Å². The van der Waals surface area contributed by atoms with Crippen molar-refractivity contribution >= 4 is 27.2 Å². The summed E-state index contributed by atoms with van der Waals surface area (Å²) in [5.74, 6) is 0.0251. The van der Waals surface area contributed by atoms with Crippen LogP contribution in [0.15, 0.2) is 42.5 Å². The molecule has 2 aliphatic heterocycles. The summed E-state index contributed by atoms with van der Waals surface area (Å²) in [7, 11) is -3.17. The third-order valence-corrected chi connectivity index (χ3v) is 7.15. The maximum absolute atomic E-state index is 13.3. The van der Waals surface area contributed by atoms with E-state index in [0.29, 0.717) is 0 Å². The highest BCUT2D eigenvalue weighted by Crippen LogP contribution is 2.38. The van der Waals surface area contributed by atoms with Crippen LogP contribution in [0.3, 0.4) is 0 Å². The summed E-state index contributed by atoms with van der Waals surface area (Å²) in [5, 5.41) is 0. The minimum absolute atomic E-state index is 0.0125. The first-order valence-corrected chi connectivity index (χ1v) is 10.6. The average Bonchev–Trinajstić information content (AvgIpc) is 3.00. The highest BCUT2D eigenvalue weighted by atomic mass is 32.2. The van der Waals surface area contributed by atoms with Gasteiger partial charge in [0.2, 0.25) is 0 Å². The molecular weight excluding hydrogens is 348 g/mol. The molecule has 0 bridgehead atoms. The van der Waals surface area contributed by atoms with Crippen LogP contribution in [-0.2, 0) is 9.84 Å². The van der Waals surface area contributed by atoms with E-state index in [-0.39, 0.29) is 29.6 Å². The Hall–Kier alpha value is -2.34. The third-order valence-electron chi connectivity index (χ3n) is 5.45. The summed E-state index contributed by atoms with van der Waals surface area (Å²) >= 11 is 0. The fourth-order valence-corrected chi connectivity index (χ4v) is 5.81. The van der Waals surface area contributed by atoms with Crippen LogP contribution in [0.5, 0.6) is 0 Å². The molecule has 26 heavy (non-hydrogen) atoms. The van der Waals surface area contributed by atoms with Crippen molar-refractivity contribution in [2.24, 2.45) is 0 Å². The van der Waals surface area contributed by atoms with Crippen molar-refractivity contribution in [2.45, 2.75) is 32.9 Å². The molecule has 0 spiro atoms. The van der Waals surface area contributed by atoms with Gasteiger partial charge in [0.1, 0.15) is 0 Å². The van der Waals surface area contributed by atoms with Crippen LogP contribution < -0.4 is 9.80 Å². The van der Waals surface area contributed by atoms with Gasteiger partial charge in [-0.15, -0.1) is 0 Å². The van der Waals surface area contributed by atoms with Gasteiger partial charge in [-0.2, -0.15) is 0 Å². The maximum atomic E-state index is 13.3. The molecule has 0 radical (unpaired) electrons. The highest BCUT2D eigenvalue weighted by molar-refractivity contribution is 7.91. The Morgan fingerprint density at radius 2 is 1.35 bits per heavy atom. The number of carbonyl (C=O) groups is 1. The summed E-state index contributed by atoms with van der Waals surface area (Å²) in [6.45, 7) is 6.01. The quantitative estimate of drug-likeness (QED) is 0.763. The number of rotatable bonds is 2. The number of hydrogen-bond donors (Lipinski definition) is 0. The SMILES string of the molecule is Cc1ccc(N2C(=O)N(c3ccc(C)c(C)c3)[C@H]3CS(=O)(=O)C[C@H]32)cc1. The first-order chi connectivity index (χ1) is 12.3. The van der Waals surface area contributed by atoms with Crippen LogP contribution >= 0.6 is 0 Å². The zero-order chi connectivity index (χ0) is 18.6. The summed E-state index contributed by atoms with van der Waals surface area (Å²) in [6.07, 6.45) is 0. The lowest BCUT2D eigenvalue weighted by atomic mass is 10.1. The molecule has 2 aliphatic rings. The van der Waals surface area contributed by atoms with Crippen LogP contribution in [-0.4, -0.2) is 38.0 Å². The fourth-order valence-electron chi connectivity index (χ4n) is 3.89. The lowest BCUT2D eigenvalue weighted by Gasteiger charge is -2.23.